The summed E-state index contributed by atoms with van der Waals surface area (Å²) in [5.41, 5.74) is 17.9. The van der Waals surface area contributed by atoms with Crippen LogP contribution in [0.1, 0.15) is 0 Å². The Morgan fingerprint density at radius 2 is 0.661 bits per heavy atom. The molecule has 0 radical (unpaired) electrons. The number of benzene rings is 5. The number of furan rings is 2. The first kappa shape index (κ1) is 31.8. The Bertz CT molecular complexity index is 3020. The molecule has 6 aromatic heterocycles. The van der Waals surface area contributed by atoms with Gasteiger partial charge in [-0.05, 0) is 116 Å². The van der Waals surface area contributed by atoms with Crippen LogP contribution in [0.3, 0.4) is 0 Å². The second-order valence-corrected chi connectivity index (χ2v) is 13.8. The van der Waals surface area contributed by atoms with Crippen LogP contribution >= 0.6 is 0 Å². The number of rotatable bonds is 6. The maximum absolute atomic E-state index is 6.53. The predicted molar refractivity (Wildman–Crippen MR) is 225 cm³/mol. The van der Waals surface area contributed by atoms with Gasteiger partial charge in [-0.1, -0.05) is 84.9 Å². The monoisotopic (exact) mass is 718 g/mol. The van der Waals surface area contributed by atoms with E-state index in [0.29, 0.717) is 0 Å². The second-order valence-electron chi connectivity index (χ2n) is 13.8. The lowest BCUT2D eigenvalue weighted by atomic mass is 9.94. The lowest BCUT2D eigenvalue weighted by Crippen LogP contribution is -1.86. The van der Waals surface area contributed by atoms with Crippen LogP contribution in [0.25, 0.3) is 111 Å². The van der Waals surface area contributed by atoms with Crippen molar-refractivity contribution in [3.63, 3.8) is 0 Å². The van der Waals surface area contributed by atoms with Crippen LogP contribution in [0.5, 0.6) is 0 Å². The molecule has 0 aliphatic carbocycles. The van der Waals surface area contributed by atoms with Gasteiger partial charge in [-0.2, -0.15) is 0 Å². The van der Waals surface area contributed by atoms with Crippen molar-refractivity contribution in [2.45, 2.75) is 0 Å². The zero-order valence-corrected chi connectivity index (χ0v) is 29.9. The van der Waals surface area contributed by atoms with E-state index in [2.05, 4.69) is 107 Å². The van der Waals surface area contributed by atoms with Crippen LogP contribution in [0.2, 0.25) is 0 Å². The van der Waals surface area contributed by atoms with Crippen LogP contribution in [-0.2, 0) is 0 Å². The van der Waals surface area contributed by atoms with E-state index in [0.717, 1.165) is 111 Å². The van der Waals surface area contributed by atoms with E-state index >= 15 is 0 Å². The number of fused-ring (bicyclic) bond motifs is 6. The van der Waals surface area contributed by atoms with Crippen LogP contribution in [-0.4, -0.2) is 19.9 Å². The van der Waals surface area contributed by atoms with E-state index in [1.54, 1.807) is 0 Å². The molecule has 6 nitrogen and oxygen atoms in total. The first-order valence-electron chi connectivity index (χ1n) is 18.5. The first-order chi connectivity index (χ1) is 27.8. The summed E-state index contributed by atoms with van der Waals surface area (Å²) in [6.45, 7) is 0. The lowest BCUT2D eigenvalue weighted by Gasteiger charge is -2.10. The molecule has 11 aromatic rings. The summed E-state index contributed by atoms with van der Waals surface area (Å²) in [5, 5.41) is 1.96. The standard InChI is InChI=1S/C50H30N4O2/c1-3-7-39(37(5-1)33-17-23-51-24-18-33)35-13-15-45-43(29-35)47-49(55-45)41(21-27-53-47)31-9-11-32(12-10-31)42-22-28-54-48-44-30-36(14-16-46(44)56-50(42)48)40-8-4-2-6-38(40)34-19-25-52-26-20-34/h1-30H. The summed E-state index contributed by atoms with van der Waals surface area (Å²) in [4.78, 5) is 18.0. The highest BCUT2D eigenvalue weighted by molar-refractivity contribution is 6.10. The largest absolute Gasteiger partial charge is 0.454 e. The van der Waals surface area contributed by atoms with E-state index in [-0.39, 0.29) is 0 Å². The highest BCUT2D eigenvalue weighted by atomic mass is 16.3. The number of hydrogen-bond donors (Lipinski definition) is 0. The quantitative estimate of drug-likeness (QED) is 0.170. The summed E-state index contributed by atoms with van der Waals surface area (Å²) < 4.78 is 13.1. The van der Waals surface area contributed by atoms with Gasteiger partial charge in [-0.15, -0.1) is 0 Å². The van der Waals surface area contributed by atoms with Crippen LogP contribution in [0.15, 0.2) is 192 Å². The fourth-order valence-electron chi connectivity index (χ4n) is 7.97. The maximum Gasteiger partial charge on any atom is 0.161 e. The molecule has 0 fully saturated rings. The molecule has 5 aromatic carbocycles. The summed E-state index contributed by atoms with van der Waals surface area (Å²) in [7, 11) is 0. The van der Waals surface area contributed by atoms with Gasteiger partial charge in [-0.25, -0.2) is 0 Å². The summed E-state index contributed by atoms with van der Waals surface area (Å²) >= 11 is 0. The Morgan fingerprint density at radius 3 is 1.07 bits per heavy atom. The molecule has 0 saturated heterocycles. The van der Waals surface area contributed by atoms with Crippen molar-refractivity contribution in [3.8, 4) is 66.8 Å². The Balaban J connectivity index is 0.953. The predicted octanol–water partition coefficient (Wildman–Crippen LogP) is 13.1. The molecule has 0 atom stereocenters. The van der Waals surface area contributed by atoms with Gasteiger partial charge < -0.3 is 8.83 Å². The van der Waals surface area contributed by atoms with Gasteiger partial charge in [0.05, 0.1) is 0 Å². The van der Waals surface area contributed by atoms with Gasteiger partial charge >= 0.3 is 0 Å². The molecule has 0 spiro atoms. The molecule has 0 aliphatic heterocycles. The number of pyridine rings is 4. The van der Waals surface area contributed by atoms with Gasteiger partial charge in [0.1, 0.15) is 22.2 Å². The molecule has 6 heteroatoms. The molecule has 0 unspecified atom stereocenters. The third-order valence-electron chi connectivity index (χ3n) is 10.7. The normalized spacial score (nSPS) is 11.6. The molecule has 0 N–H and O–H groups in total. The minimum absolute atomic E-state index is 0.764. The van der Waals surface area contributed by atoms with Crippen molar-refractivity contribution in [1.82, 2.24) is 19.9 Å². The van der Waals surface area contributed by atoms with Crippen molar-refractivity contribution in [1.29, 1.82) is 0 Å². The summed E-state index contributed by atoms with van der Waals surface area (Å²) in [6.07, 6.45) is 11.0. The second kappa shape index (κ2) is 13.0. The molecular weight excluding hydrogens is 689 g/mol. The van der Waals surface area contributed by atoms with Crippen LogP contribution < -0.4 is 0 Å². The maximum atomic E-state index is 6.53. The fraction of sp³-hybridized carbons (Fsp3) is 0. The van der Waals surface area contributed by atoms with Gasteiger partial charge in [0, 0.05) is 59.1 Å². The van der Waals surface area contributed by atoms with E-state index in [1.807, 2.05) is 85.7 Å². The van der Waals surface area contributed by atoms with Crippen molar-refractivity contribution in [2.24, 2.45) is 0 Å². The van der Waals surface area contributed by atoms with Crippen molar-refractivity contribution >= 4 is 44.1 Å². The smallest absolute Gasteiger partial charge is 0.161 e. The van der Waals surface area contributed by atoms with E-state index in [1.165, 1.54) is 0 Å². The molecule has 0 aliphatic rings. The number of hydrogen-bond acceptors (Lipinski definition) is 6. The van der Waals surface area contributed by atoms with E-state index in [9.17, 15) is 0 Å². The number of aromatic nitrogens is 4. The molecule has 0 saturated carbocycles. The Labute approximate surface area is 321 Å². The first-order valence-corrected chi connectivity index (χ1v) is 18.5. The molecular formula is C50H30N4O2. The van der Waals surface area contributed by atoms with Gasteiger partial charge in [-0.3, -0.25) is 19.9 Å². The average molecular weight is 719 g/mol. The van der Waals surface area contributed by atoms with E-state index in [4.69, 9.17) is 18.8 Å². The Kier molecular flexibility index (Phi) is 7.38. The lowest BCUT2D eigenvalue weighted by molar-refractivity contribution is 0.669. The molecule has 0 bridgehead atoms. The van der Waals surface area contributed by atoms with Crippen LogP contribution in [0.4, 0.5) is 0 Å². The average Bonchev–Trinajstić information content (AvgIpc) is 3.85. The molecule has 6 heterocycles. The van der Waals surface area contributed by atoms with Crippen molar-refractivity contribution < 1.29 is 8.83 Å². The van der Waals surface area contributed by atoms with Gasteiger partial charge in [0.15, 0.2) is 11.2 Å². The highest BCUT2D eigenvalue weighted by Gasteiger charge is 2.18. The molecule has 262 valence electrons. The SMILES string of the molecule is c1ccc(-c2ccc3oc4c(-c5ccc(-c6ccnc7c6oc6ccc(-c8ccccc8-c8ccncc8)cc67)cc5)ccnc4c3c2)c(-c2ccncc2)c1. The number of nitrogens with zero attached hydrogens (tertiary/aromatic N) is 4. The summed E-state index contributed by atoms with van der Waals surface area (Å²) in [6, 6.07) is 50.4. The fourth-order valence-corrected chi connectivity index (χ4v) is 7.97. The van der Waals surface area contributed by atoms with Gasteiger partial charge in [0.25, 0.3) is 0 Å². The van der Waals surface area contributed by atoms with Crippen molar-refractivity contribution in [3.05, 3.63) is 183 Å². The molecule has 56 heavy (non-hydrogen) atoms. The van der Waals surface area contributed by atoms with E-state index < -0.39 is 0 Å². The molecule has 11 rings (SSSR count). The summed E-state index contributed by atoms with van der Waals surface area (Å²) in [5.74, 6) is 0. The van der Waals surface area contributed by atoms with Crippen molar-refractivity contribution in [2.75, 3.05) is 0 Å². The van der Waals surface area contributed by atoms with Crippen LogP contribution in [0, 0.1) is 0 Å². The topological polar surface area (TPSA) is 77.8 Å². The minimum Gasteiger partial charge on any atom is -0.454 e. The third kappa shape index (κ3) is 5.27. The zero-order chi connectivity index (χ0) is 37.0. The highest BCUT2D eigenvalue weighted by Crippen LogP contribution is 2.41. The van der Waals surface area contributed by atoms with Gasteiger partial charge in [0.2, 0.25) is 0 Å². The minimum atomic E-state index is 0.764. The Morgan fingerprint density at radius 1 is 0.304 bits per heavy atom. The zero-order valence-electron chi connectivity index (χ0n) is 29.9. The Hall–Kier alpha value is -7.70. The third-order valence-corrected chi connectivity index (χ3v) is 10.7. The molecule has 0 amide bonds.